The highest BCUT2D eigenvalue weighted by molar-refractivity contribution is 6.30. The molecular weight excluding hydrogens is 421 g/mol. The van der Waals surface area contributed by atoms with Crippen molar-refractivity contribution in [2.45, 2.75) is 45.1 Å². The molecule has 1 heterocycles. The van der Waals surface area contributed by atoms with Gasteiger partial charge in [-0.3, -0.25) is 0 Å². The minimum atomic E-state index is -4.31. The molecule has 0 unspecified atom stereocenters. The number of alkyl halides is 3. The maximum atomic E-state index is 13.9. The summed E-state index contributed by atoms with van der Waals surface area (Å²) in [6.45, 7) is -0.0857. The van der Waals surface area contributed by atoms with Crippen molar-refractivity contribution in [3.8, 4) is 5.88 Å². The van der Waals surface area contributed by atoms with Gasteiger partial charge in [0.05, 0.1) is 17.7 Å². The summed E-state index contributed by atoms with van der Waals surface area (Å²) in [5.41, 5.74) is -1.01. The number of hydrogen-bond acceptors (Lipinski definition) is 3. The molecule has 1 N–H and O–H groups in total. The number of nitrogens with zero attached hydrogens (tertiary/aromatic N) is 2. The van der Waals surface area contributed by atoms with Crippen LogP contribution in [0.4, 0.5) is 17.6 Å². The monoisotopic (exact) mass is 441 g/mol. The number of halogens is 6. The topological polar surface area (TPSA) is 39.1 Å². The largest absolute Gasteiger partial charge is 0.473 e. The fourth-order valence-corrected chi connectivity index (χ4v) is 3.37. The molecule has 28 heavy (non-hydrogen) atoms. The average molecular weight is 442 g/mol. The number of nitrogens with one attached hydrogen (secondary N) is 1. The van der Waals surface area contributed by atoms with Crippen molar-refractivity contribution in [2.24, 2.45) is 5.41 Å². The Morgan fingerprint density at radius 2 is 2.00 bits per heavy atom. The highest BCUT2D eigenvalue weighted by atomic mass is 35.5. The molecule has 3 rings (SSSR count). The van der Waals surface area contributed by atoms with E-state index in [4.69, 9.17) is 16.3 Å². The van der Waals surface area contributed by atoms with Gasteiger partial charge in [0.1, 0.15) is 12.4 Å². The number of ether oxygens (including phenoxy) is 1. The lowest BCUT2D eigenvalue weighted by Gasteiger charge is -2.43. The van der Waals surface area contributed by atoms with E-state index in [2.05, 4.69) is 10.4 Å². The molecular formula is C18H21Cl2F4N3O. The Morgan fingerprint density at radius 1 is 1.29 bits per heavy atom. The molecule has 4 nitrogen and oxygen atoms in total. The highest BCUT2D eigenvalue weighted by Crippen LogP contribution is 2.54. The molecule has 0 atom stereocenters. The van der Waals surface area contributed by atoms with E-state index in [1.807, 2.05) is 0 Å². The van der Waals surface area contributed by atoms with Crippen molar-refractivity contribution in [3.63, 3.8) is 0 Å². The highest BCUT2D eigenvalue weighted by Gasteiger charge is 2.58. The maximum Gasteiger partial charge on any atom is 0.396 e. The van der Waals surface area contributed by atoms with E-state index >= 15 is 0 Å². The lowest BCUT2D eigenvalue weighted by atomic mass is 9.68. The van der Waals surface area contributed by atoms with Crippen molar-refractivity contribution in [1.29, 1.82) is 0 Å². The Labute approximate surface area is 171 Å². The van der Waals surface area contributed by atoms with Gasteiger partial charge < -0.3 is 10.1 Å². The second kappa shape index (κ2) is 8.88. The first-order valence-electron chi connectivity index (χ1n) is 8.59. The molecule has 0 bridgehead atoms. The van der Waals surface area contributed by atoms with E-state index in [9.17, 15) is 17.6 Å². The Balaban J connectivity index is 0.00000280. The van der Waals surface area contributed by atoms with E-state index in [0.29, 0.717) is 23.7 Å². The standard InChI is InChI=1S/C18H20ClF4N3O.ClH/c1-24-9-14-8-16(27-10-12-7-13(19)3-4-15(12)20)26(25-14)11-17(5-2-6-17)18(21,22)23;/h3-4,7-8,24H,2,5-6,9-11H2,1H3;1H. The smallest absolute Gasteiger partial charge is 0.396 e. The SMILES string of the molecule is CNCc1cc(OCc2cc(Cl)ccc2F)n(CC2(C(F)(F)F)CCC2)n1.Cl. The van der Waals surface area contributed by atoms with Gasteiger partial charge in [-0.05, 0) is 38.1 Å². The van der Waals surface area contributed by atoms with Crippen LogP contribution in [-0.2, 0) is 19.7 Å². The Morgan fingerprint density at radius 3 is 2.57 bits per heavy atom. The van der Waals surface area contributed by atoms with Gasteiger partial charge in [-0.1, -0.05) is 18.0 Å². The number of hydrogen-bond donors (Lipinski definition) is 1. The Bertz CT molecular complexity index is 807. The van der Waals surface area contributed by atoms with Crippen LogP contribution in [0.1, 0.15) is 30.5 Å². The average Bonchev–Trinajstić information content (AvgIpc) is 2.92. The van der Waals surface area contributed by atoms with E-state index < -0.39 is 17.4 Å². The van der Waals surface area contributed by atoms with Crippen LogP contribution in [-0.4, -0.2) is 23.0 Å². The second-order valence-corrected chi connectivity index (χ2v) is 7.25. The molecule has 0 aliphatic heterocycles. The normalized spacial score (nSPS) is 15.6. The lowest BCUT2D eigenvalue weighted by molar-refractivity contribution is -0.256. The predicted molar refractivity (Wildman–Crippen MR) is 100 cm³/mol. The molecule has 10 heteroatoms. The second-order valence-electron chi connectivity index (χ2n) is 6.82. The zero-order chi connectivity index (χ0) is 19.7. The van der Waals surface area contributed by atoms with Crippen molar-refractivity contribution in [2.75, 3.05) is 7.05 Å². The van der Waals surface area contributed by atoms with E-state index in [1.165, 1.54) is 22.9 Å². The Hall–Kier alpha value is -1.51. The summed E-state index contributed by atoms with van der Waals surface area (Å²) < 4.78 is 61.3. The molecule has 0 spiro atoms. The predicted octanol–water partition coefficient (Wildman–Crippen LogP) is 5.13. The van der Waals surface area contributed by atoms with Crippen LogP contribution in [0.2, 0.25) is 5.02 Å². The van der Waals surface area contributed by atoms with Gasteiger partial charge >= 0.3 is 6.18 Å². The fraction of sp³-hybridized carbons (Fsp3) is 0.500. The summed E-state index contributed by atoms with van der Waals surface area (Å²) in [5.74, 6) is -0.318. The number of rotatable bonds is 7. The van der Waals surface area contributed by atoms with Gasteiger partial charge in [0.15, 0.2) is 0 Å². The van der Waals surface area contributed by atoms with Gasteiger partial charge in [0.25, 0.3) is 0 Å². The molecule has 0 saturated heterocycles. The van der Waals surface area contributed by atoms with Crippen molar-refractivity contribution in [1.82, 2.24) is 15.1 Å². The summed E-state index contributed by atoms with van der Waals surface area (Å²) in [6, 6.07) is 5.63. The maximum absolute atomic E-state index is 13.9. The Kier molecular flexibility index (Phi) is 7.22. The zero-order valence-corrected chi connectivity index (χ0v) is 16.7. The zero-order valence-electron chi connectivity index (χ0n) is 15.2. The van der Waals surface area contributed by atoms with E-state index in [0.717, 1.165) is 0 Å². The number of aromatic nitrogens is 2. The van der Waals surface area contributed by atoms with Crippen LogP contribution < -0.4 is 10.1 Å². The summed E-state index contributed by atoms with van der Waals surface area (Å²) in [6.07, 6.45) is -3.63. The molecule has 156 valence electrons. The molecule has 2 aromatic rings. The van der Waals surface area contributed by atoms with Crippen LogP contribution in [0.3, 0.4) is 0 Å². The molecule has 1 aliphatic rings. The van der Waals surface area contributed by atoms with Crippen LogP contribution >= 0.6 is 24.0 Å². The minimum Gasteiger partial charge on any atom is -0.473 e. The molecule has 1 saturated carbocycles. The molecule has 1 aromatic heterocycles. The molecule has 1 fully saturated rings. The first-order valence-corrected chi connectivity index (χ1v) is 8.97. The fourth-order valence-electron chi connectivity index (χ4n) is 3.17. The summed E-state index contributed by atoms with van der Waals surface area (Å²) >= 11 is 5.87. The lowest BCUT2D eigenvalue weighted by Crippen LogP contribution is -2.47. The van der Waals surface area contributed by atoms with Crippen molar-refractivity contribution >= 4 is 24.0 Å². The van der Waals surface area contributed by atoms with Gasteiger partial charge in [0.2, 0.25) is 5.88 Å². The van der Waals surface area contributed by atoms with Crippen molar-refractivity contribution < 1.29 is 22.3 Å². The molecule has 0 radical (unpaired) electrons. The summed E-state index contributed by atoms with van der Waals surface area (Å²) in [4.78, 5) is 0. The first kappa shape index (κ1) is 22.8. The van der Waals surface area contributed by atoms with Crippen LogP contribution in [0.5, 0.6) is 5.88 Å². The third-order valence-electron chi connectivity index (χ3n) is 4.90. The van der Waals surface area contributed by atoms with Gasteiger partial charge in [-0.2, -0.15) is 18.3 Å². The van der Waals surface area contributed by atoms with Crippen molar-refractivity contribution in [3.05, 3.63) is 46.4 Å². The van der Waals surface area contributed by atoms with Gasteiger partial charge in [-0.15, -0.1) is 12.4 Å². The summed E-state index contributed by atoms with van der Waals surface area (Å²) in [5, 5.41) is 7.50. The summed E-state index contributed by atoms with van der Waals surface area (Å²) in [7, 11) is 1.71. The molecule has 1 aromatic carbocycles. The third-order valence-corrected chi connectivity index (χ3v) is 5.13. The van der Waals surface area contributed by atoms with Crippen LogP contribution in [0.15, 0.2) is 24.3 Å². The van der Waals surface area contributed by atoms with Gasteiger partial charge in [0, 0.05) is 23.2 Å². The van der Waals surface area contributed by atoms with Gasteiger partial charge in [-0.25, -0.2) is 9.07 Å². The van der Waals surface area contributed by atoms with Crippen LogP contribution in [0, 0.1) is 11.2 Å². The number of benzene rings is 1. The molecule has 1 aliphatic carbocycles. The van der Waals surface area contributed by atoms with E-state index in [1.54, 1.807) is 13.1 Å². The van der Waals surface area contributed by atoms with E-state index in [-0.39, 0.29) is 49.8 Å². The molecule has 0 amide bonds. The third kappa shape index (κ3) is 4.72. The first-order chi connectivity index (χ1) is 12.7. The van der Waals surface area contributed by atoms with Crippen LogP contribution in [0.25, 0.3) is 0 Å². The minimum absolute atomic E-state index is 0. The quantitative estimate of drug-likeness (QED) is 0.605.